The smallest absolute Gasteiger partial charge is 0.313 e. The summed E-state index contributed by atoms with van der Waals surface area (Å²) in [7, 11) is 3.62. The zero-order valence-corrected chi connectivity index (χ0v) is 14.1. The Morgan fingerprint density at radius 2 is 1.72 bits per heavy atom. The predicted molar refractivity (Wildman–Crippen MR) is 92.3 cm³/mol. The fraction of sp³-hybridized carbons (Fsp3) is 0.222. The lowest BCUT2D eigenvalue weighted by atomic mass is 10.1. The highest BCUT2D eigenvalue weighted by atomic mass is 19.1. The summed E-state index contributed by atoms with van der Waals surface area (Å²) in [6.45, 7) is 1.51. The van der Waals surface area contributed by atoms with Crippen molar-refractivity contribution >= 4 is 23.2 Å². The van der Waals surface area contributed by atoms with E-state index in [1.807, 2.05) is 20.2 Å². The minimum Gasteiger partial charge on any atom is -0.376 e. The monoisotopic (exact) mass is 347 g/mol. The molecule has 0 aliphatic carbocycles. The van der Waals surface area contributed by atoms with E-state index >= 15 is 0 Å². The van der Waals surface area contributed by atoms with Gasteiger partial charge < -0.3 is 15.5 Å². The number of hydrogen-bond donors (Lipinski definition) is 2. The van der Waals surface area contributed by atoms with Gasteiger partial charge in [0.05, 0.1) is 17.4 Å². The second-order valence-electron chi connectivity index (χ2n) is 5.73. The first-order valence-electron chi connectivity index (χ1n) is 7.62. The molecule has 2 aromatic carbocycles. The van der Waals surface area contributed by atoms with E-state index in [2.05, 4.69) is 10.6 Å². The van der Waals surface area contributed by atoms with E-state index < -0.39 is 29.5 Å². The van der Waals surface area contributed by atoms with E-state index in [9.17, 15) is 18.4 Å². The van der Waals surface area contributed by atoms with Crippen LogP contribution in [0.4, 0.5) is 20.2 Å². The van der Waals surface area contributed by atoms with E-state index in [1.165, 1.54) is 13.0 Å². The lowest BCUT2D eigenvalue weighted by Crippen LogP contribution is -2.37. The van der Waals surface area contributed by atoms with Crippen molar-refractivity contribution in [2.45, 2.75) is 13.0 Å². The number of anilines is 2. The molecule has 7 heteroatoms. The summed E-state index contributed by atoms with van der Waals surface area (Å²) in [5.74, 6) is -3.28. The summed E-state index contributed by atoms with van der Waals surface area (Å²) in [5.41, 5.74) is 1.31. The zero-order chi connectivity index (χ0) is 18.6. The molecule has 2 rings (SSSR count). The molecule has 1 unspecified atom stereocenters. The van der Waals surface area contributed by atoms with Crippen LogP contribution < -0.4 is 15.5 Å². The van der Waals surface area contributed by atoms with Crippen LogP contribution in [0, 0.1) is 11.6 Å². The lowest BCUT2D eigenvalue weighted by molar-refractivity contribution is -0.136. The summed E-state index contributed by atoms with van der Waals surface area (Å²) in [6.07, 6.45) is 0. The van der Waals surface area contributed by atoms with Gasteiger partial charge in [-0.3, -0.25) is 9.59 Å². The Balaban J connectivity index is 2.07. The van der Waals surface area contributed by atoms with Crippen molar-refractivity contribution in [1.82, 2.24) is 5.32 Å². The van der Waals surface area contributed by atoms with Gasteiger partial charge in [-0.2, -0.15) is 0 Å². The van der Waals surface area contributed by atoms with Gasteiger partial charge in [0, 0.05) is 25.7 Å². The van der Waals surface area contributed by atoms with Crippen molar-refractivity contribution in [2.24, 2.45) is 0 Å². The number of carbonyl (C=O) groups excluding carboxylic acids is 2. The fourth-order valence-corrected chi connectivity index (χ4v) is 2.34. The number of amides is 2. The number of nitrogens with one attached hydrogen (secondary N) is 2. The van der Waals surface area contributed by atoms with Crippen molar-refractivity contribution in [3.8, 4) is 0 Å². The topological polar surface area (TPSA) is 61.4 Å². The minimum absolute atomic E-state index is 0.0937. The molecule has 0 aliphatic rings. The molecule has 2 aromatic rings. The molecule has 132 valence electrons. The molecule has 5 nitrogen and oxygen atoms in total. The number of para-hydroxylation sites is 2. The molecule has 0 aliphatic heterocycles. The Kier molecular flexibility index (Phi) is 5.69. The molecular formula is C18H19F2N3O2. The standard InChI is InChI=1S/C18H19F2N3O2/c1-11(13-9-8-12(19)10-14(13)20)21-17(24)18(25)22-15-6-4-5-7-16(15)23(2)3/h4-11H,1-3H3,(H,21,24)(H,22,25). The van der Waals surface area contributed by atoms with Gasteiger partial charge in [0.25, 0.3) is 0 Å². The molecular weight excluding hydrogens is 328 g/mol. The molecule has 1 atom stereocenters. The molecule has 0 bridgehead atoms. The van der Waals surface area contributed by atoms with Gasteiger partial charge in [-0.15, -0.1) is 0 Å². The molecule has 0 fully saturated rings. The molecule has 25 heavy (non-hydrogen) atoms. The molecule has 0 saturated carbocycles. The Labute approximate surface area is 144 Å². The molecule has 0 radical (unpaired) electrons. The summed E-state index contributed by atoms with van der Waals surface area (Å²) < 4.78 is 26.7. The van der Waals surface area contributed by atoms with Crippen LogP contribution in [0.1, 0.15) is 18.5 Å². The minimum atomic E-state index is -0.912. The van der Waals surface area contributed by atoms with Gasteiger partial charge in [0.1, 0.15) is 11.6 Å². The van der Waals surface area contributed by atoms with Crippen LogP contribution in [0.25, 0.3) is 0 Å². The number of halogens is 2. The van der Waals surface area contributed by atoms with E-state index in [4.69, 9.17) is 0 Å². The first-order valence-corrected chi connectivity index (χ1v) is 7.62. The molecule has 0 heterocycles. The fourth-order valence-electron chi connectivity index (χ4n) is 2.34. The van der Waals surface area contributed by atoms with Crippen LogP contribution in [-0.4, -0.2) is 25.9 Å². The Hall–Kier alpha value is -2.96. The molecule has 0 spiro atoms. The maximum atomic E-state index is 13.7. The Morgan fingerprint density at radius 1 is 1.04 bits per heavy atom. The molecule has 0 saturated heterocycles. The predicted octanol–water partition coefficient (Wildman–Crippen LogP) is 2.85. The lowest BCUT2D eigenvalue weighted by Gasteiger charge is -2.18. The van der Waals surface area contributed by atoms with Gasteiger partial charge in [0.15, 0.2) is 0 Å². The van der Waals surface area contributed by atoms with Gasteiger partial charge in [-0.1, -0.05) is 18.2 Å². The first-order chi connectivity index (χ1) is 11.8. The van der Waals surface area contributed by atoms with Crippen molar-refractivity contribution < 1.29 is 18.4 Å². The van der Waals surface area contributed by atoms with Crippen LogP contribution in [-0.2, 0) is 9.59 Å². The highest BCUT2D eigenvalue weighted by Gasteiger charge is 2.20. The second kappa shape index (κ2) is 7.74. The average molecular weight is 347 g/mol. The van der Waals surface area contributed by atoms with Gasteiger partial charge >= 0.3 is 11.8 Å². The van der Waals surface area contributed by atoms with Crippen LogP contribution in [0.5, 0.6) is 0 Å². The molecule has 2 amide bonds. The number of hydrogen-bond acceptors (Lipinski definition) is 3. The summed E-state index contributed by atoms with van der Waals surface area (Å²) in [4.78, 5) is 26.0. The largest absolute Gasteiger partial charge is 0.376 e. The third-order valence-corrected chi connectivity index (χ3v) is 3.62. The van der Waals surface area contributed by atoms with Crippen LogP contribution in [0.3, 0.4) is 0 Å². The van der Waals surface area contributed by atoms with Crippen molar-refractivity contribution in [1.29, 1.82) is 0 Å². The third-order valence-electron chi connectivity index (χ3n) is 3.62. The quantitative estimate of drug-likeness (QED) is 0.836. The summed E-state index contributed by atoms with van der Waals surface area (Å²) in [6, 6.07) is 9.27. The number of nitrogens with zero attached hydrogens (tertiary/aromatic N) is 1. The van der Waals surface area contributed by atoms with Crippen LogP contribution in [0.2, 0.25) is 0 Å². The van der Waals surface area contributed by atoms with Gasteiger partial charge in [-0.05, 0) is 25.1 Å². The number of benzene rings is 2. The van der Waals surface area contributed by atoms with Gasteiger partial charge in [0.2, 0.25) is 0 Å². The maximum absolute atomic E-state index is 13.7. The molecule has 2 N–H and O–H groups in total. The highest BCUT2D eigenvalue weighted by Crippen LogP contribution is 2.23. The SMILES string of the molecule is CC(NC(=O)C(=O)Nc1ccccc1N(C)C)c1ccc(F)cc1F. The average Bonchev–Trinajstić information content (AvgIpc) is 2.54. The second-order valence-corrected chi connectivity index (χ2v) is 5.73. The van der Waals surface area contributed by atoms with Crippen LogP contribution >= 0.6 is 0 Å². The highest BCUT2D eigenvalue weighted by molar-refractivity contribution is 6.40. The third kappa shape index (κ3) is 4.53. The summed E-state index contributed by atoms with van der Waals surface area (Å²) in [5, 5.41) is 4.92. The van der Waals surface area contributed by atoms with E-state index in [0.29, 0.717) is 5.69 Å². The van der Waals surface area contributed by atoms with Crippen LogP contribution in [0.15, 0.2) is 42.5 Å². The molecule has 0 aromatic heterocycles. The van der Waals surface area contributed by atoms with Gasteiger partial charge in [-0.25, -0.2) is 8.78 Å². The van der Waals surface area contributed by atoms with E-state index in [1.54, 1.807) is 23.1 Å². The van der Waals surface area contributed by atoms with Crippen molar-refractivity contribution in [3.63, 3.8) is 0 Å². The van der Waals surface area contributed by atoms with E-state index in [-0.39, 0.29) is 5.56 Å². The zero-order valence-electron chi connectivity index (χ0n) is 14.1. The van der Waals surface area contributed by atoms with E-state index in [0.717, 1.165) is 17.8 Å². The Morgan fingerprint density at radius 3 is 2.36 bits per heavy atom. The number of carbonyl (C=O) groups is 2. The van der Waals surface area contributed by atoms with Crippen molar-refractivity contribution in [2.75, 3.05) is 24.3 Å². The normalized spacial score (nSPS) is 11.6. The Bertz CT molecular complexity index is 794. The number of rotatable bonds is 4. The van der Waals surface area contributed by atoms with Crippen molar-refractivity contribution in [3.05, 3.63) is 59.7 Å². The maximum Gasteiger partial charge on any atom is 0.313 e. The first kappa shape index (κ1) is 18.4. The summed E-state index contributed by atoms with van der Waals surface area (Å²) >= 11 is 0.